The Kier molecular flexibility index (Phi) is 7.59. The first-order valence-corrected chi connectivity index (χ1v) is 8.95. The average Bonchev–Trinajstić information content (AvgIpc) is 2.53. The minimum Gasteiger partial charge on any atom is -0.444 e. The first-order valence-electron chi connectivity index (χ1n) is 8.95. The van der Waals surface area contributed by atoms with Crippen molar-refractivity contribution in [1.29, 1.82) is 0 Å². The molecule has 0 spiro atoms. The van der Waals surface area contributed by atoms with Crippen LogP contribution in [0, 0.1) is 5.92 Å². The van der Waals surface area contributed by atoms with Gasteiger partial charge in [0.15, 0.2) is 0 Å². The van der Waals surface area contributed by atoms with Gasteiger partial charge in [0.1, 0.15) is 5.60 Å². The fraction of sp³-hybridized carbons (Fsp3) is 0.650. The Morgan fingerprint density at radius 2 is 1.83 bits per heavy atom. The van der Waals surface area contributed by atoms with Crippen LogP contribution in [-0.2, 0) is 4.74 Å². The lowest BCUT2D eigenvalue weighted by molar-refractivity contribution is 0.0195. The molecule has 1 fully saturated rings. The monoisotopic (exact) mass is 334 g/mol. The molecule has 136 valence electrons. The van der Waals surface area contributed by atoms with Crippen molar-refractivity contribution in [3.8, 4) is 0 Å². The van der Waals surface area contributed by atoms with Crippen molar-refractivity contribution in [1.82, 2.24) is 4.90 Å². The zero-order valence-electron chi connectivity index (χ0n) is 16.2. The van der Waals surface area contributed by atoms with Gasteiger partial charge in [0.2, 0.25) is 0 Å². The van der Waals surface area contributed by atoms with E-state index in [2.05, 4.69) is 26.0 Å². The molecule has 1 heterocycles. The van der Waals surface area contributed by atoms with Crippen LogP contribution in [0.2, 0.25) is 0 Å². The molecule has 0 aromatic rings. The molecule has 1 aliphatic heterocycles. The summed E-state index contributed by atoms with van der Waals surface area (Å²) >= 11 is 0. The second-order valence-electron chi connectivity index (χ2n) is 7.47. The molecular weight excluding hydrogens is 300 g/mol. The molecule has 2 N–H and O–H groups in total. The lowest BCUT2D eigenvalue weighted by Gasteiger charge is -2.34. The van der Waals surface area contributed by atoms with Crippen LogP contribution in [0.15, 0.2) is 35.1 Å². The lowest BCUT2D eigenvalue weighted by Crippen LogP contribution is -2.42. The summed E-state index contributed by atoms with van der Waals surface area (Å²) in [6, 6.07) is 0. The third-order valence-electron chi connectivity index (χ3n) is 4.34. The van der Waals surface area contributed by atoms with Crippen LogP contribution in [0.4, 0.5) is 4.79 Å². The van der Waals surface area contributed by atoms with E-state index in [1.54, 1.807) is 4.90 Å². The van der Waals surface area contributed by atoms with Crippen molar-refractivity contribution in [3.63, 3.8) is 0 Å². The van der Waals surface area contributed by atoms with Gasteiger partial charge in [-0.3, -0.25) is 0 Å². The molecule has 4 heteroatoms. The summed E-state index contributed by atoms with van der Waals surface area (Å²) < 4.78 is 5.46. The minimum absolute atomic E-state index is 0.216. The zero-order chi connectivity index (χ0) is 18.3. The first-order chi connectivity index (χ1) is 11.2. The highest BCUT2D eigenvalue weighted by Crippen LogP contribution is 2.29. The van der Waals surface area contributed by atoms with E-state index in [1.165, 1.54) is 11.1 Å². The number of nitrogens with two attached hydrogens (primary N) is 1. The number of carbonyl (C=O) groups excluding carboxylic acids is 1. The number of ether oxygens (including phenoxy) is 1. The maximum Gasteiger partial charge on any atom is 0.410 e. The Balaban J connectivity index is 2.77. The Morgan fingerprint density at radius 3 is 2.29 bits per heavy atom. The highest BCUT2D eigenvalue weighted by atomic mass is 16.6. The van der Waals surface area contributed by atoms with Gasteiger partial charge in [-0.15, -0.1) is 0 Å². The highest BCUT2D eigenvalue weighted by molar-refractivity contribution is 5.68. The molecule has 1 saturated heterocycles. The molecule has 24 heavy (non-hydrogen) atoms. The number of rotatable bonds is 4. The molecule has 0 aromatic heterocycles. The van der Waals surface area contributed by atoms with E-state index in [9.17, 15) is 4.79 Å². The van der Waals surface area contributed by atoms with E-state index in [0.717, 1.165) is 25.0 Å². The summed E-state index contributed by atoms with van der Waals surface area (Å²) in [6.07, 6.45) is 8.93. The summed E-state index contributed by atoms with van der Waals surface area (Å²) in [7, 11) is 0. The molecule has 4 nitrogen and oxygen atoms in total. The van der Waals surface area contributed by atoms with Gasteiger partial charge in [-0.1, -0.05) is 30.7 Å². The number of carbonyl (C=O) groups is 1. The Labute approximate surface area is 147 Å². The molecule has 0 bridgehead atoms. The zero-order valence-corrected chi connectivity index (χ0v) is 16.2. The van der Waals surface area contributed by atoms with Gasteiger partial charge in [0.25, 0.3) is 0 Å². The van der Waals surface area contributed by atoms with E-state index in [0.29, 0.717) is 19.0 Å². The van der Waals surface area contributed by atoms with Gasteiger partial charge in [-0.25, -0.2) is 4.79 Å². The second-order valence-corrected chi connectivity index (χ2v) is 7.47. The van der Waals surface area contributed by atoms with E-state index in [1.807, 2.05) is 33.8 Å². The quantitative estimate of drug-likeness (QED) is 0.753. The Morgan fingerprint density at radius 1 is 1.25 bits per heavy atom. The topological polar surface area (TPSA) is 55.6 Å². The molecule has 0 saturated carbocycles. The summed E-state index contributed by atoms with van der Waals surface area (Å²) in [4.78, 5) is 14.0. The fourth-order valence-electron chi connectivity index (χ4n) is 2.68. The minimum atomic E-state index is -0.448. The van der Waals surface area contributed by atoms with Crippen molar-refractivity contribution < 1.29 is 9.53 Å². The van der Waals surface area contributed by atoms with Crippen molar-refractivity contribution in [2.24, 2.45) is 11.7 Å². The lowest BCUT2D eigenvalue weighted by atomic mass is 9.87. The normalized spacial score (nSPS) is 18.8. The standard InChI is InChI=1S/C20H34N2O2/c1-7-15(3)9-10-17(18(21)8-2)16-11-13-22(14-12-16)19(23)24-20(4,5)6/h8-10,16H,7,11-14,21H2,1-6H3/b15-9+,17-10-,18-8+. The SMILES string of the molecule is C\C=C(N)/C(=C\C=C(/C)CC)C1CCN(C(=O)OC(C)(C)C)CC1. The molecule has 0 aromatic carbocycles. The molecule has 0 aliphatic carbocycles. The summed E-state index contributed by atoms with van der Waals surface area (Å²) in [5.74, 6) is 0.390. The third-order valence-corrected chi connectivity index (χ3v) is 4.34. The summed E-state index contributed by atoms with van der Waals surface area (Å²) in [5, 5.41) is 0. The number of hydrogen-bond acceptors (Lipinski definition) is 3. The molecule has 0 atom stereocenters. The Bertz CT molecular complexity index is 516. The Hall–Kier alpha value is -1.71. The van der Waals surface area contributed by atoms with Crippen LogP contribution < -0.4 is 5.73 Å². The summed E-state index contributed by atoms with van der Waals surface area (Å²) in [5.41, 5.74) is 9.13. The average molecular weight is 335 g/mol. The number of nitrogens with zero attached hydrogens (tertiary/aromatic N) is 1. The van der Waals surface area contributed by atoms with E-state index in [-0.39, 0.29) is 6.09 Å². The largest absolute Gasteiger partial charge is 0.444 e. The van der Waals surface area contributed by atoms with Crippen LogP contribution in [0.3, 0.4) is 0 Å². The number of likely N-dealkylation sites (tertiary alicyclic amines) is 1. The molecule has 1 rings (SSSR count). The number of piperidine rings is 1. The predicted octanol–water partition coefficient (Wildman–Crippen LogP) is 4.78. The van der Waals surface area contributed by atoms with Crippen molar-refractivity contribution in [2.45, 2.75) is 66.4 Å². The molecule has 1 aliphatic rings. The van der Waals surface area contributed by atoms with E-state index < -0.39 is 5.60 Å². The van der Waals surface area contributed by atoms with Crippen LogP contribution >= 0.6 is 0 Å². The summed E-state index contributed by atoms with van der Waals surface area (Å²) in [6.45, 7) is 13.4. The first kappa shape index (κ1) is 20.3. The van der Waals surface area contributed by atoms with Crippen LogP contribution in [0.25, 0.3) is 0 Å². The fourth-order valence-corrected chi connectivity index (χ4v) is 2.68. The number of amides is 1. The van der Waals surface area contributed by atoms with Crippen LogP contribution in [-0.4, -0.2) is 29.7 Å². The molecule has 0 unspecified atom stereocenters. The van der Waals surface area contributed by atoms with Gasteiger partial charge in [-0.05, 0) is 65.4 Å². The van der Waals surface area contributed by atoms with Gasteiger partial charge in [0.05, 0.1) is 0 Å². The van der Waals surface area contributed by atoms with E-state index in [4.69, 9.17) is 10.5 Å². The van der Waals surface area contributed by atoms with Crippen LogP contribution in [0.5, 0.6) is 0 Å². The molecule has 0 radical (unpaired) electrons. The van der Waals surface area contributed by atoms with E-state index >= 15 is 0 Å². The third kappa shape index (κ3) is 6.42. The van der Waals surface area contributed by atoms with Gasteiger partial charge < -0.3 is 15.4 Å². The molecular formula is C20H34N2O2. The number of allylic oxidation sites excluding steroid dienone is 5. The smallest absolute Gasteiger partial charge is 0.410 e. The second kappa shape index (κ2) is 8.95. The maximum atomic E-state index is 12.2. The van der Waals surface area contributed by atoms with Crippen molar-refractivity contribution in [2.75, 3.05) is 13.1 Å². The van der Waals surface area contributed by atoms with Gasteiger partial charge in [0, 0.05) is 18.8 Å². The van der Waals surface area contributed by atoms with Crippen molar-refractivity contribution >= 4 is 6.09 Å². The highest BCUT2D eigenvalue weighted by Gasteiger charge is 2.28. The van der Waals surface area contributed by atoms with Crippen LogP contribution in [0.1, 0.15) is 60.8 Å². The van der Waals surface area contributed by atoms with Gasteiger partial charge in [-0.2, -0.15) is 0 Å². The van der Waals surface area contributed by atoms with Gasteiger partial charge >= 0.3 is 6.09 Å². The molecule has 1 amide bonds. The number of hydrogen-bond donors (Lipinski definition) is 1. The van der Waals surface area contributed by atoms with Crippen molar-refractivity contribution in [3.05, 3.63) is 35.1 Å². The maximum absolute atomic E-state index is 12.2. The predicted molar refractivity (Wildman–Crippen MR) is 101 cm³/mol.